The number of nitrogens with zero attached hydrogens (tertiary/aromatic N) is 3. The molecule has 0 unspecified atom stereocenters. The predicted octanol–water partition coefficient (Wildman–Crippen LogP) is 5.23. The van der Waals surface area contributed by atoms with Gasteiger partial charge in [0.25, 0.3) is 5.91 Å². The second-order valence-corrected chi connectivity index (χ2v) is 9.88. The maximum Gasteiger partial charge on any atom is 0.410 e. The van der Waals surface area contributed by atoms with Gasteiger partial charge in [-0.15, -0.1) is 0 Å². The van der Waals surface area contributed by atoms with Crippen LogP contribution in [-0.4, -0.2) is 52.6 Å². The minimum absolute atomic E-state index is 0.0494. The van der Waals surface area contributed by atoms with Gasteiger partial charge in [-0.2, -0.15) is 5.26 Å². The Kier molecular flexibility index (Phi) is 6.42. The van der Waals surface area contributed by atoms with Gasteiger partial charge in [-0.1, -0.05) is 30.3 Å². The largest absolute Gasteiger partial charge is 0.444 e. The van der Waals surface area contributed by atoms with E-state index in [1.807, 2.05) is 68.1 Å². The van der Waals surface area contributed by atoms with E-state index in [0.29, 0.717) is 24.2 Å². The quantitative estimate of drug-likeness (QED) is 0.646. The number of hydrogen-bond acceptors (Lipinski definition) is 4. The number of rotatable bonds is 4. The van der Waals surface area contributed by atoms with Crippen molar-refractivity contribution >= 4 is 12.0 Å². The third-order valence-corrected chi connectivity index (χ3v) is 6.17. The van der Waals surface area contributed by atoms with Crippen molar-refractivity contribution in [1.82, 2.24) is 9.80 Å². The van der Waals surface area contributed by atoms with Gasteiger partial charge in [0.1, 0.15) is 5.60 Å². The molecule has 4 rings (SSSR count). The molecule has 2 aliphatic rings. The van der Waals surface area contributed by atoms with Gasteiger partial charge in [0.2, 0.25) is 0 Å². The van der Waals surface area contributed by atoms with Crippen molar-refractivity contribution in [2.24, 2.45) is 0 Å². The molecule has 0 N–H and O–H groups in total. The van der Waals surface area contributed by atoms with Gasteiger partial charge >= 0.3 is 6.09 Å². The van der Waals surface area contributed by atoms with Crippen LogP contribution in [0.1, 0.15) is 62.4 Å². The molecule has 0 bridgehead atoms. The van der Waals surface area contributed by atoms with E-state index < -0.39 is 5.60 Å². The summed E-state index contributed by atoms with van der Waals surface area (Å²) in [5.74, 6) is 0.0494. The lowest BCUT2D eigenvalue weighted by atomic mass is 9.98. The first kappa shape index (κ1) is 22.8. The number of nitriles is 1. The molecule has 1 saturated heterocycles. The van der Waals surface area contributed by atoms with Gasteiger partial charge in [0, 0.05) is 30.7 Å². The van der Waals surface area contributed by atoms with Crippen molar-refractivity contribution in [3.05, 3.63) is 59.7 Å². The van der Waals surface area contributed by atoms with Crippen LogP contribution in [0.25, 0.3) is 11.1 Å². The summed E-state index contributed by atoms with van der Waals surface area (Å²) in [5, 5.41) is 9.37. The summed E-state index contributed by atoms with van der Waals surface area (Å²) in [7, 11) is 0. The molecule has 2 amide bonds. The van der Waals surface area contributed by atoms with E-state index in [0.717, 1.165) is 36.8 Å². The molecule has 1 saturated carbocycles. The Morgan fingerprint density at radius 3 is 2.15 bits per heavy atom. The van der Waals surface area contributed by atoms with Gasteiger partial charge < -0.3 is 14.5 Å². The highest BCUT2D eigenvalue weighted by Crippen LogP contribution is 2.34. The predicted molar refractivity (Wildman–Crippen MR) is 127 cm³/mol. The summed E-state index contributed by atoms with van der Waals surface area (Å²) in [6.07, 6.45) is 3.31. The van der Waals surface area contributed by atoms with Crippen LogP contribution < -0.4 is 0 Å². The van der Waals surface area contributed by atoms with Crippen LogP contribution >= 0.6 is 0 Å². The lowest BCUT2D eigenvalue weighted by Gasteiger charge is -2.39. The van der Waals surface area contributed by atoms with E-state index in [1.54, 1.807) is 11.0 Å². The molecule has 0 aromatic heterocycles. The molecule has 1 aliphatic carbocycles. The molecule has 2 aromatic carbocycles. The fraction of sp³-hybridized carbons (Fsp3) is 0.444. The smallest absolute Gasteiger partial charge is 0.410 e. The van der Waals surface area contributed by atoms with Crippen LogP contribution in [0.3, 0.4) is 0 Å². The summed E-state index contributed by atoms with van der Waals surface area (Å²) in [6, 6.07) is 17.7. The summed E-state index contributed by atoms with van der Waals surface area (Å²) in [4.78, 5) is 29.7. The molecule has 1 aliphatic heterocycles. The molecular formula is C27H31N3O3. The minimum atomic E-state index is -0.510. The number of likely N-dealkylation sites (tertiary alicyclic amines) is 1. The van der Waals surface area contributed by atoms with Crippen LogP contribution in [0.5, 0.6) is 0 Å². The van der Waals surface area contributed by atoms with Crippen molar-refractivity contribution in [2.75, 3.05) is 13.1 Å². The zero-order chi connectivity index (χ0) is 23.6. The number of amides is 2. The fourth-order valence-electron chi connectivity index (χ4n) is 4.41. The Bertz CT molecular complexity index is 1050. The molecule has 0 radical (unpaired) electrons. The number of ether oxygens (including phenoxy) is 1. The number of hydrogen-bond donors (Lipinski definition) is 0. The molecule has 0 spiro atoms. The Morgan fingerprint density at radius 1 is 0.970 bits per heavy atom. The van der Waals surface area contributed by atoms with Gasteiger partial charge in [0.05, 0.1) is 11.6 Å². The van der Waals surface area contributed by atoms with Crippen LogP contribution in [-0.2, 0) is 4.74 Å². The summed E-state index contributed by atoms with van der Waals surface area (Å²) >= 11 is 0. The normalized spacial score (nSPS) is 16.7. The first-order valence-electron chi connectivity index (χ1n) is 11.7. The average Bonchev–Trinajstić information content (AvgIpc) is 3.63. The first-order chi connectivity index (χ1) is 15.8. The zero-order valence-corrected chi connectivity index (χ0v) is 19.6. The van der Waals surface area contributed by atoms with Crippen LogP contribution in [0.15, 0.2) is 48.5 Å². The molecule has 0 atom stereocenters. The molecular weight excluding hydrogens is 414 g/mol. The minimum Gasteiger partial charge on any atom is -0.444 e. The van der Waals surface area contributed by atoms with E-state index in [9.17, 15) is 14.9 Å². The molecule has 1 heterocycles. The molecule has 2 aromatic rings. The van der Waals surface area contributed by atoms with E-state index in [-0.39, 0.29) is 24.1 Å². The monoisotopic (exact) mass is 445 g/mol. The van der Waals surface area contributed by atoms with Crippen LogP contribution in [0.2, 0.25) is 0 Å². The third-order valence-electron chi connectivity index (χ3n) is 6.17. The molecule has 33 heavy (non-hydrogen) atoms. The topological polar surface area (TPSA) is 73.6 Å². The third kappa shape index (κ3) is 5.36. The molecule has 172 valence electrons. The van der Waals surface area contributed by atoms with E-state index >= 15 is 0 Å². The SMILES string of the molecule is CC(C)(C)OC(=O)N1CCC(N(C(=O)c2ccc(-c3ccccc3C#N)cc2)C2CC2)CC1. The van der Waals surface area contributed by atoms with E-state index in [2.05, 4.69) is 6.07 Å². The average molecular weight is 446 g/mol. The number of carbonyl (C=O) groups is 2. The lowest BCUT2D eigenvalue weighted by molar-refractivity contribution is 0.0142. The summed E-state index contributed by atoms with van der Waals surface area (Å²) in [6.45, 7) is 6.81. The van der Waals surface area contributed by atoms with Crippen molar-refractivity contribution < 1.29 is 14.3 Å². The Balaban J connectivity index is 1.44. The Hall–Kier alpha value is -3.33. The van der Waals surface area contributed by atoms with Crippen LogP contribution in [0, 0.1) is 11.3 Å². The van der Waals surface area contributed by atoms with Crippen molar-refractivity contribution in [1.29, 1.82) is 5.26 Å². The Labute approximate surface area is 195 Å². The van der Waals surface area contributed by atoms with Gasteiger partial charge in [-0.25, -0.2) is 4.79 Å². The standard InChI is InChI=1S/C27H31N3O3/c1-27(2,3)33-26(32)29-16-14-23(15-17-29)30(22-12-13-22)25(31)20-10-8-19(9-11-20)24-7-5-4-6-21(24)18-28/h4-11,22-23H,12-17H2,1-3H3. The van der Waals surface area contributed by atoms with Crippen molar-refractivity contribution in [3.8, 4) is 17.2 Å². The van der Waals surface area contributed by atoms with E-state index in [4.69, 9.17) is 4.74 Å². The number of benzene rings is 2. The maximum atomic E-state index is 13.5. The highest BCUT2D eigenvalue weighted by molar-refractivity contribution is 5.95. The van der Waals surface area contributed by atoms with Crippen LogP contribution in [0.4, 0.5) is 4.79 Å². The molecule has 2 fully saturated rings. The summed E-state index contributed by atoms with van der Waals surface area (Å²) < 4.78 is 5.50. The van der Waals surface area contributed by atoms with Gasteiger partial charge in [-0.05, 0) is 75.8 Å². The Morgan fingerprint density at radius 2 is 1.58 bits per heavy atom. The lowest BCUT2D eigenvalue weighted by Crippen LogP contribution is -2.50. The summed E-state index contributed by atoms with van der Waals surface area (Å²) in [5.41, 5.74) is 2.56. The molecule has 6 nitrogen and oxygen atoms in total. The van der Waals surface area contributed by atoms with E-state index in [1.165, 1.54) is 0 Å². The zero-order valence-electron chi connectivity index (χ0n) is 19.6. The van der Waals surface area contributed by atoms with Crippen molar-refractivity contribution in [2.45, 2.75) is 64.1 Å². The molecule has 6 heteroatoms. The highest BCUT2D eigenvalue weighted by atomic mass is 16.6. The highest BCUT2D eigenvalue weighted by Gasteiger charge is 2.39. The number of carbonyl (C=O) groups excluding carboxylic acids is 2. The second-order valence-electron chi connectivity index (χ2n) is 9.88. The van der Waals surface area contributed by atoms with Gasteiger partial charge in [-0.3, -0.25) is 4.79 Å². The maximum absolute atomic E-state index is 13.5. The van der Waals surface area contributed by atoms with Gasteiger partial charge in [0.15, 0.2) is 0 Å². The fourth-order valence-corrected chi connectivity index (χ4v) is 4.41. The first-order valence-corrected chi connectivity index (χ1v) is 11.7. The van der Waals surface area contributed by atoms with Crippen molar-refractivity contribution in [3.63, 3.8) is 0 Å². The second kappa shape index (κ2) is 9.27. The number of piperidine rings is 1.